The number of carbonyl (C=O) groups is 2. The Balaban J connectivity index is 0.945. The molecule has 2 aromatic carbocycles. The van der Waals surface area contributed by atoms with Gasteiger partial charge < -0.3 is 15.5 Å². The van der Waals surface area contributed by atoms with Gasteiger partial charge in [-0.25, -0.2) is 43.2 Å². The Morgan fingerprint density at radius 1 is 0.721 bits per heavy atom. The number of hydrogen-bond acceptors (Lipinski definition) is 10. The molecule has 26 heteroatoms. The fourth-order valence-corrected chi connectivity index (χ4v) is 11.5. The average molecular weight is 1000 g/mol. The van der Waals surface area contributed by atoms with Crippen molar-refractivity contribution in [2.45, 2.75) is 98.2 Å². The van der Waals surface area contributed by atoms with Crippen LogP contribution in [0.1, 0.15) is 42.6 Å². The molecule has 365 valence electrons. The van der Waals surface area contributed by atoms with Crippen LogP contribution in [0.5, 0.6) is 0 Å². The number of carbonyl (C=O) groups excluding carboxylic acids is 2. The number of sulfonamides is 2. The van der Waals surface area contributed by atoms with Gasteiger partial charge in [0.2, 0.25) is 31.9 Å². The quantitative estimate of drug-likeness (QED) is 0.122. The van der Waals surface area contributed by atoms with Crippen LogP contribution in [-0.2, 0) is 53.9 Å². The number of aryl methyl sites for hydroxylation is 1. The Labute approximate surface area is 385 Å². The number of anilines is 1. The summed E-state index contributed by atoms with van der Waals surface area (Å²) in [5.41, 5.74) is 0.0782. The molecule has 7 rings (SSSR count). The third kappa shape index (κ3) is 11.9. The number of benzene rings is 2. The van der Waals surface area contributed by atoms with Crippen LogP contribution >= 0.6 is 0 Å². The van der Waals surface area contributed by atoms with E-state index in [-0.39, 0.29) is 84.8 Å². The fourth-order valence-electron chi connectivity index (χ4n) is 8.24. The van der Waals surface area contributed by atoms with E-state index >= 15 is 4.39 Å². The standard InChI is InChI=1S/C42H42BF9N7O7S2/c44-25-1-3-31(4-2-25)67(62,63)58-22-26(45)14-38(58)40(60)55-18-28-16-33(35(48)20-53-28)43-10-7-24-13-32(5-6-34(24)47)68(64,65)59-23-27(46)15-39(59)41(61)56-19-29-17-37(36(49)21-54-29)57-11-8-30(9-12-57)66-42(50,51)52/h1-6,13,16-17,20-21,26-27,30,38-39H,7-12,14-15,18-19,22-23H2,(H,55,60)(H,56,61)/t26-,27-,38+,39+/m1/s1. The highest BCUT2D eigenvalue weighted by Crippen LogP contribution is 2.32. The zero-order chi connectivity index (χ0) is 49.1. The van der Waals surface area contributed by atoms with Crippen LogP contribution in [0.2, 0.25) is 6.32 Å². The summed E-state index contributed by atoms with van der Waals surface area (Å²) in [7, 11) is -7.68. The van der Waals surface area contributed by atoms with Crippen LogP contribution in [0.4, 0.5) is 45.2 Å². The number of aromatic nitrogens is 2. The number of hydrogen-bond donors (Lipinski definition) is 2. The number of piperidine rings is 1. The molecule has 2 N–H and O–H groups in total. The van der Waals surface area contributed by atoms with Crippen molar-refractivity contribution in [3.05, 3.63) is 107 Å². The molecule has 3 fully saturated rings. The Hall–Kier alpha value is -5.31. The molecular formula is C42H42BF9N7O7S2. The molecule has 68 heavy (non-hydrogen) atoms. The van der Waals surface area contributed by atoms with Gasteiger partial charge >= 0.3 is 6.36 Å². The number of halogens is 9. The third-order valence-corrected chi connectivity index (χ3v) is 15.4. The molecule has 4 aromatic rings. The average Bonchev–Trinajstić information content (AvgIpc) is 3.90. The second kappa shape index (κ2) is 20.7. The highest BCUT2D eigenvalue weighted by atomic mass is 32.2. The Morgan fingerprint density at radius 3 is 1.82 bits per heavy atom. The van der Waals surface area contributed by atoms with Crippen molar-refractivity contribution in [2.75, 3.05) is 31.1 Å². The highest BCUT2D eigenvalue weighted by molar-refractivity contribution is 7.89. The van der Waals surface area contributed by atoms with Gasteiger partial charge in [-0.2, -0.15) is 8.61 Å². The van der Waals surface area contributed by atoms with Crippen LogP contribution in [-0.4, -0.2) is 118 Å². The van der Waals surface area contributed by atoms with E-state index in [2.05, 4.69) is 25.3 Å². The topological polar surface area (TPSA) is 171 Å². The van der Waals surface area contributed by atoms with Crippen LogP contribution in [0.3, 0.4) is 0 Å². The maximum atomic E-state index is 15.1. The van der Waals surface area contributed by atoms with Gasteiger partial charge in [0.25, 0.3) is 0 Å². The van der Waals surface area contributed by atoms with Gasteiger partial charge in [-0.3, -0.25) is 24.3 Å². The summed E-state index contributed by atoms with van der Waals surface area (Å²) >= 11 is 0. The summed E-state index contributed by atoms with van der Waals surface area (Å²) in [6.45, 7) is -1.94. The monoisotopic (exact) mass is 1000 g/mol. The molecule has 0 unspecified atom stereocenters. The molecule has 4 atom stereocenters. The van der Waals surface area contributed by atoms with E-state index in [1.165, 1.54) is 24.3 Å². The summed E-state index contributed by atoms with van der Waals surface area (Å²) in [4.78, 5) is 35.1. The fraction of sp³-hybridized carbons (Fsp3) is 0.429. The second-order valence-electron chi connectivity index (χ2n) is 16.3. The van der Waals surface area contributed by atoms with E-state index in [9.17, 15) is 61.5 Å². The predicted molar refractivity (Wildman–Crippen MR) is 226 cm³/mol. The van der Waals surface area contributed by atoms with Crippen molar-refractivity contribution in [3.63, 3.8) is 0 Å². The molecule has 2 aromatic heterocycles. The van der Waals surface area contributed by atoms with Crippen LogP contribution in [0.25, 0.3) is 0 Å². The molecular weight excluding hydrogens is 960 g/mol. The molecule has 14 nitrogen and oxygen atoms in total. The number of pyridine rings is 2. The lowest BCUT2D eigenvalue weighted by Crippen LogP contribution is -2.45. The zero-order valence-corrected chi connectivity index (χ0v) is 37.2. The summed E-state index contributed by atoms with van der Waals surface area (Å²) in [5, 5.41) is 4.96. The zero-order valence-electron chi connectivity index (χ0n) is 35.6. The van der Waals surface area contributed by atoms with E-state index in [1.54, 1.807) is 0 Å². The maximum Gasteiger partial charge on any atom is 0.522 e. The number of nitrogens with zero attached hydrogens (tertiary/aromatic N) is 5. The van der Waals surface area contributed by atoms with Crippen LogP contribution in [0, 0.1) is 23.3 Å². The molecule has 3 aliphatic rings. The van der Waals surface area contributed by atoms with Gasteiger partial charge in [-0.15, -0.1) is 13.2 Å². The molecule has 0 aliphatic carbocycles. The van der Waals surface area contributed by atoms with Crippen LogP contribution in [0.15, 0.2) is 76.8 Å². The number of amides is 2. The van der Waals surface area contributed by atoms with Crippen molar-refractivity contribution < 1.29 is 70.7 Å². The van der Waals surface area contributed by atoms with E-state index in [0.717, 1.165) is 54.9 Å². The minimum Gasteiger partial charge on any atom is -0.369 e. The summed E-state index contributed by atoms with van der Waals surface area (Å²) in [6.07, 6.45) is -8.91. The molecule has 0 spiro atoms. The van der Waals surface area contributed by atoms with Crippen molar-refractivity contribution in [3.8, 4) is 0 Å². The summed E-state index contributed by atoms with van der Waals surface area (Å²) in [5.74, 6) is -4.87. The maximum absolute atomic E-state index is 15.1. The lowest BCUT2D eigenvalue weighted by molar-refractivity contribution is -0.344. The van der Waals surface area contributed by atoms with Gasteiger partial charge in [-0.05, 0) is 84.9 Å². The van der Waals surface area contributed by atoms with E-state index < -0.39 is 123 Å². The Morgan fingerprint density at radius 2 is 1.25 bits per heavy atom. The lowest BCUT2D eigenvalue weighted by atomic mass is 9.65. The van der Waals surface area contributed by atoms with E-state index in [1.807, 2.05) is 0 Å². The van der Waals surface area contributed by atoms with Crippen molar-refractivity contribution >= 4 is 50.3 Å². The minimum absolute atomic E-state index is 0.0138. The predicted octanol–water partition coefficient (Wildman–Crippen LogP) is 4.36. The minimum atomic E-state index is -4.82. The summed E-state index contributed by atoms with van der Waals surface area (Å²) in [6, 6.07) is 6.18. The van der Waals surface area contributed by atoms with Crippen molar-refractivity contribution in [2.24, 2.45) is 0 Å². The normalized spacial score (nSPS) is 21.0. The molecule has 3 aliphatic heterocycles. The second-order valence-corrected chi connectivity index (χ2v) is 20.1. The molecule has 2 amide bonds. The number of rotatable bonds is 16. The van der Waals surface area contributed by atoms with Gasteiger partial charge in [-0.1, -0.05) is 6.32 Å². The molecule has 0 bridgehead atoms. The molecule has 1 radical (unpaired) electrons. The van der Waals surface area contributed by atoms with E-state index in [4.69, 9.17) is 0 Å². The van der Waals surface area contributed by atoms with Gasteiger partial charge in [0.05, 0.1) is 58.5 Å². The smallest absolute Gasteiger partial charge is 0.369 e. The van der Waals surface area contributed by atoms with Gasteiger partial charge in [0.15, 0.2) is 13.1 Å². The van der Waals surface area contributed by atoms with Crippen LogP contribution < -0.4 is 21.0 Å². The largest absolute Gasteiger partial charge is 0.522 e. The third-order valence-electron chi connectivity index (χ3n) is 11.6. The Bertz CT molecular complexity index is 2720. The first-order valence-electron chi connectivity index (χ1n) is 21.1. The van der Waals surface area contributed by atoms with Gasteiger partial charge in [0, 0.05) is 39.0 Å². The first-order valence-corrected chi connectivity index (χ1v) is 24.0. The van der Waals surface area contributed by atoms with Crippen molar-refractivity contribution in [1.82, 2.24) is 29.2 Å². The van der Waals surface area contributed by atoms with Crippen molar-refractivity contribution in [1.29, 1.82) is 0 Å². The first kappa shape index (κ1) is 50.6. The SMILES string of the molecule is O=C(NCc1cc([B]CCc2cc(S(=O)(=O)N3C[C@H](F)C[C@H]3C(=O)NCc3cc(N4CCC(OC(F)(F)F)CC4)c(F)cn3)ccc2F)c(F)cn1)[C@@H]1C[C@@H](F)CN1S(=O)(=O)c1ccc(F)cc1. The molecule has 0 saturated carbocycles. The summed E-state index contributed by atoms with van der Waals surface area (Å²) < 4.78 is 185. The number of nitrogens with one attached hydrogen (secondary N) is 2. The first-order chi connectivity index (χ1) is 32.1. The molecule has 5 heterocycles. The number of alkyl halides is 5. The lowest BCUT2D eigenvalue weighted by Gasteiger charge is -2.34. The Kier molecular flexibility index (Phi) is 15.4. The molecule has 3 saturated heterocycles. The van der Waals surface area contributed by atoms with E-state index in [0.29, 0.717) is 8.61 Å². The van der Waals surface area contributed by atoms with Gasteiger partial charge in [0.1, 0.15) is 41.9 Å². The highest BCUT2D eigenvalue weighted by Gasteiger charge is 2.46. The number of ether oxygens (including phenoxy) is 1.